The van der Waals surface area contributed by atoms with Crippen LogP contribution in [0.2, 0.25) is 0 Å². The van der Waals surface area contributed by atoms with Crippen LogP contribution < -0.4 is 10.7 Å². The highest BCUT2D eigenvalue weighted by Gasteiger charge is 2.24. The molecule has 35 heavy (non-hydrogen) atoms. The molecule has 1 aliphatic rings. The zero-order chi connectivity index (χ0) is 25.2. The summed E-state index contributed by atoms with van der Waals surface area (Å²) in [5.41, 5.74) is 1.24. The molecule has 1 N–H and O–H groups in total. The number of likely N-dealkylation sites (N-methyl/N-ethyl adjacent to an activating group) is 1. The van der Waals surface area contributed by atoms with Crippen molar-refractivity contribution in [2.24, 2.45) is 0 Å². The molecule has 0 aliphatic heterocycles. The molecule has 1 fully saturated rings. The van der Waals surface area contributed by atoms with Gasteiger partial charge < -0.3 is 14.8 Å². The van der Waals surface area contributed by atoms with E-state index in [1.807, 2.05) is 32.0 Å². The lowest BCUT2D eigenvalue weighted by molar-refractivity contribution is 0.0776. The van der Waals surface area contributed by atoms with Crippen molar-refractivity contribution in [3.63, 3.8) is 0 Å². The Kier molecular flexibility index (Phi) is 9.82. The molecule has 188 valence electrons. The maximum Gasteiger partial charge on any atom is 0.259 e. The van der Waals surface area contributed by atoms with Gasteiger partial charge in [0.15, 0.2) is 0 Å². The molecule has 2 aromatic rings. The van der Waals surface area contributed by atoms with Crippen molar-refractivity contribution in [1.82, 2.24) is 19.8 Å². The second-order valence-corrected chi connectivity index (χ2v) is 9.52. The molecule has 1 saturated carbocycles. The van der Waals surface area contributed by atoms with E-state index in [1.54, 1.807) is 28.1 Å². The molecule has 2 aromatic heterocycles. The van der Waals surface area contributed by atoms with Crippen molar-refractivity contribution in [3.05, 3.63) is 76.0 Å². The van der Waals surface area contributed by atoms with E-state index in [0.29, 0.717) is 26.1 Å². The molecule has 0 atom stereocenters. The fourth-order valence-electron chi connectivity index (χ4n) is 4.55. The van der Waals surface area contributed by atoms with Gasteiger partial charge in [-0.25, -0.2) is 0 Å². The van der Waals surface area contributed by atoms with E-state index in [0.717, 1.165) is 37.0 Å². The van der Waals surface area contributed by atoms with Crippen molar-refractivity contribution >= 4 is 11.8 Å². The Balaban J connectivity index is 1.91. The minimum atomic E-state index is -0.521. The average molecular weight is 479 g/mol. The topological polar surface area (TPSA) is 84.3 Å². The third-order valence-electron chi connectivity index (χ3n) is 6.48. The monoisotopic (exact) mass is 478 g/mol. The van der Waals surface area contributed by atoms with Crippen molar-refractivity contribution in [3.8, 4) is 0 Å². The first-order chi connectivity index (χ1) is 16.9. The fraction of sp³-hybridized carbons (Fsp3) is 0.500. The number of aromatic nitrogens is 2. The van der Waals surface area contributed by atoms with E-state index in [9.17, 15) is 14.4 Å². The summed E-state index contributed by atoms with van der Waals surface area (Å²) in [6.45, 7) is 8.91. The third-order valence-corrected chi connectivity index (χ3v) is 6.48. The van der Waals surface area contributed by atoms with E-state index in [2.05, 4.69) is 16.9 Å². The van der Waals surface area contributed by atoms with Crippen LogP contribution in [-0.2, 0) is 13.0 Å². The first-order valence-electron chi connectivity index (χ1n) is 12.8. The summed E-state index contributed by atoms with van der Waals surface area (Å²) in [6.07, 6.45) is 13.1. The quantitative estimate of drug-likeness (QED) is 0.543. The molecule has 0 saturated heterocycles. The lowest BCUT2D eigenvalue weighted by Gasteiger charge is -2.23. The molecule has 3 rings (SSSR count). The van der Waals surface area contributed by atoms with Gasteiger partial charge in [-0.1, -0.05) is 50.3 Å². The van der Waals surface area contributed by atoms with Crippen LogP contribution in [0.25, 0.3) is 0 Å². The number of carbonyl (C=O) groups is 2. The maximum atomic E-state index is 13.4. The van der Waals surface area contributed by atoms with E-state index in [4.69, 9.17) is 0 Å². The minimum Gasteiger partial charge on any atom is -0.352 e. The first kappa shape index (κ1) is 26.4. The van der Waals surface area contributed by atoms with E-state index < -0.39 is 11.3 Å². The van der Waals surface area contributed by atoms with Gasteiger partial charge in [0.05, 0.1) is 0 Å². The molecule has 0 radical (unpaired) electrons. The van der Waals surface area contributed by atoms with Crippen LogP contribution in [0, 0.1) is 0 Å². The van der Waals surface area contributed by atoms with Gasteiger partial charge in [-0.2, -0.15) is 0 Å². The van der Waals surface area contributed by atoms with Gasteiger partial charge in [-0.3, -0.25) is 19.4 Å². The predicted octanol–water partition coefficient (Wildman–Crippen LogP) is 4.37. The van der Waals surface area contributed by atoms with Gasteiger partial charge in [0.1, 0.15) is 11.1 Å². The number of nitrogens with zero attached hydrogens (tertiary/aromatic N) is 3. The lowest BCUT2D eigenvalue weighted by Crippen LogP contribution is -2.41. The van der Waals surface area contributed by atoms with Crippen LogP contribution in [-0.4, -0.2) is 45.4 Å². The minimum absolute atomic E-state index is 0.0134. The Bertz CT molecular complexity index is 1070. The van der Waals surface area contributed by atoms with Gasteiger partial charge >= 0.3 is 0 Å². The number of carbonyl (C=O) groups excluding carboxylic acids is 2. The Morgan fingerprint density at radius 1 is 1.11 bits per heavy atom. The number of nitrogens with one attached hydrogen (secondary N) is 1. The van der Waals surface area contributed by atoms with E-state index in [1.165, 1.54) is 19.3 Å². The zero-order valence-corrected chi connectivity index (χ0v) is 21.1. The average Bonchev–Trinajstić information content (AvgIpc) is 2.83. The first-order valence-corrected chi connectivity index (χ1v) is 12.8. The highest BCUT2D eigenvalue weighted by atomic mass is 16.2. The van der Waals surface area contributed by atoms with Crippen LogP contribution in [0.5, 0.6) is 0 Å². The Morgan fingerprint density at radius 2 is 1.80 bits per heavy atom. The van der Waals surface area contributed by atoms with Gasteiger partial charge in [0, 0.05) is 56.4 Å². The van der Waals surface area contributed by atoms with Crippen LogP contribution in [0.3, 0.4) is 0 Å². The van der Waals surface area contributed by atoms with Gasteiger partial charge in [0.25, 0.3) is 11.8 Å². The molecule has 2 heterocycles. The third kappa shape index (κ3) is 7.64. The largest absolute Gasteiger partial charge is 0.352 e. The van der Waals surface area contributed by atoms with Gasteiger partial charge in [-0.05, 0) is 38.8 Å². The second-order valence-electron chi connectivity index (χ2n) is 9.52. The number of hydrogen-bond acceptors (Lipinski definition) is 4. The number of pyridine rings is 2. The molecule has 0 unspecified atom stereocenters. The van der Waals surface area contributed by atoms with E-state index in [-0.39, 0.29) is 23.1 Å². The fourth-order valence-corrected chi connectivity index (χ4v) is 4.55. The normalized spacial score (nSPS) is 14.6. The summed E-state index contributed by atoms with van der Waals surface area (Å²) in [4.78, 5) is 45.9. The van der Waals surface area contributed by atoms with Gasteiger partial charge in [-0.15, -0.1) is 0 Å². The summed E-state index contributed by atoms with van der Waals surface area (Å²) in [6, 6.07) is 5.77. The second kappa shape index (κ2) is 13.0. The predicted molar refractivity (Wildman–Crippen MR) is 139 cm³/mol. The summed E-state index contributed by atoms with van der Waals surface area (Å²) in [5, 5.41) is 3.08. The van der Waals surface area contributed by atoms with Crippen molar-refractivity contribution in [2.75, 3.05) is 13.1 Å². The van der Waals surface area contributed by atoms with Crippen LogP contribution in [0.1, 0.15) is 85.2 Å². The molecule has 0 spiro atoms. The lowest BCUT2D eigenvalue weighted by atomic mass is 9.96. The number of hydrogen-bond donors (Lipinski definition) is 1. The number of rotatable bonds is 9. The van der Waals surface area contributed by atoms with E-state index >= 15 is 0 Å². The molecule has 0 bridgehead atoms. The number of amides is 2. The van der Waals surface area contributed by atoms with Crippen molar-refractivity contribution < 1.29 is 9.59 Å². The molecule has 7 nitrogen and oxygen atoms in total. The maximum absolute atomic E-state index is 13.4. The van der Waals surface area contributed by atoms with Crippen LogP contribution >= 0.6 is 0 Å². The molecular formula is C28H38N4O3. The summed E-state index contributed by atoms with van der Waals surface area (Å²) < 4.78 is 1.77. The molecule has 2 amide bonds. The summed E-state index contributed by atoms with van der Waals surface area (Å²) in [5.74, 6) is -0.780. The van der Waals surface area contributed by atoms with Gasteiger partial charge in [0.2, 0.25) is 5.43 Å². The Morgan fingerprint density at radius 3 is 2.43 bits per heavy atom. The highest BCUT2D eigenvalue weighted by molar-refractivity contribution is 5.99. The smallest absolute Gasteiger partial charge is 0.259 e. The van der Waals surface area contributed by atoms with Crippen molar-refractivity contribution in [1.29, 1.82) is 0 Å². The SMILES string of the molecule is C=C(C)CN(CC)C(=O)c1cn(CCc2ccccn2)cc(C(=O)NC2CCCCCCC2)c1=O. The molecule has 0 aromatic carbocycles. The summed E-state index contributed by atoms with van der Waals surface area (Å²) in [7, 11) is 0. The summed E-state index contributed by atoms with van der Waals surface area (Å²) >= 11 is 0. The molecule has 7 heteroatoms. The standard InChI is InChI=1S/C28H38N4O3/c1-4-32(18-21(2)3)28(35)25-20-31(17-15-22-12-10-11-16-29-22)19-24(26(25)33)27(34)30-23-13-8-6-5-7-9-14-23/h10-12,16,19-20,23H,2,4-9,13-15,17-18H2,1,3H3,(H,30,34). The molecule has 1 aliphatic carbocycles. The van der Waals surface area contributed by atoms with Crippen molar-refractivity contribution in [2.45, 2.75) is 77.8 Å². The highest BCUT2D eigenvalue weighted by Crippen LogP contribution is 2.17. The Hall–Kier alpha value is -3.22. The number of aryl methyl sites for hydroxylation is 2. The molecular weight excluding hydrogens is 440 g/mol. The van der Waals surface area contributed by atoms with Crippen LogP contribution in [0.4, 0.5) is 0 Å². The zero-order valence-electron chi connectivity index (χ0n) is 21.1. The Labute approximate surface area is 208 Å². The van der Waals surface area contributed by atoms with Crippen LogP contribution in [0.15, 0.2) is 53.7 Å².